The van der Waals surface area contributed by atoms with Crippen LogP contribution < -0.4 is 0 Å². The summed E-state index contributed by atoms with van der Waals surface area (Å²) >= 11 is 3.39. The summed E-state index contributed by atoms with van der Waals surface area (Å²) in [6, 6.07) is 11.2. The van der Waals surface area contributed by atoms with E-state index in [-0.39, 0.29) is 0 Å². The molecule has 4 rings (SSSR count). The number of likely N-dealkylation sites (tertiary alicyclic amines) is 1. The van der Waals surface area contributed by atoms with Crippen LogP contribution in [0.4, 0.5) is 0 Å². The van der Waals surface area contributed by atoms with Gasteiger partial charge in [0, 0.05) is 42.5 Å². The molecule has 3 atom stereocenters. The molecule has 3 aliphatic rings. The smallest absolute Gasteiger partial charge is 0.143 e. The summed E-state index contributed by atoms with van der Waals surface area (Å²) in [5.41, 5.74) is 4.84. The number of aryl methyl sites for hydroxylation is 1. The van der Waals surface area contributed by atoms with Crippen LogP contribution in [0.2, 0.25) is 0 Å². The Bertz CT molecular complexity index is 811. The molecule has 1 fully saturated rings. The molecule has 1 aromatic rings. The van der Waals surface area contributed by atoms with Crippen molar-refractivity contribution in [1.82, 2.24) is 9.80 Å². The van der Waals surface area contributed by atoms with E-state index in [1.165, 1.54) is 17.0 Å². The van der Waals surface area contributed by atoms with E-state index in [1.807, 2.05) is 0 Å². The van der Waals surface area contributed by atoms with Gasteiger partial charge in [0.25, 0.3) is 0 Å². The number of nitrogens with zero attached hydrogens (tertiary/aromatic N) is 2. The fourth-order valence-electron chi connectivity index (χ4n) is 4.81. The lowest BCUT2D eigenvalue weighted by Crippen LogP contribution is -2.34. The van der Waals surface area contributed by atoms with Gasteiger partial charge in [-0.05, 0) is 60.3 Å². The van der Waals surface area contributed by atoms with Crippen molar-refractivity contribution in [2.45, 2.75) is 32.7 Å². The third-order valence-electron chi connectivity index (χ3n) is 6.16. The normalized spacial score (nSPS) is 25.7. The summed E-state index contributed by atoms with van der Waals surface area (Å²) in [5, 5.41) is 0. The third-order valence-corrected chi connectivity index (χ3v) is 6.38. The van der Waals surface area contributed by atoms with E-state index < -0.39 is 0 Å². The minimum absolute atomic E-state index is 0.367. The van der Waals surface area contributed by atoms with E-state index in [0.29, 0.717) is 23.4 Å². The molecule has 0 saturated carbocycles. The number of hydrogen-bond acceptors (Lipinski definition) is 3. The lowest BCUT2D eigenvalue weighted by Gasteiger charge is -2.33. The Kier molecular flexibility index (Phi) is 5.96. The van der Waals surface area contributed by atoms with Crippen molar-refractivity contribution in [1.29, 1.82) is 0 Å². The van der Waals surface area contributed by atoms with Gasteiger partial charge in [0.1, 0.15) is 11.3 Å². The number of ether oxygens (including phenoxy) is 1. The lowest BCUT2D eigenvalue weighted by molar-refractivity contribution is 0.260. The molecule has 1 saturated heterocycles. The van der Waals surface area contributed by atoms with E-state index in [0.717, 1.165) is 31.7 Å². The number of rotatable bonds is 7. The number of alkyl halides is 1. The van der Waals surface area contributed by atoms with E-state index in [4.69, 9.17) is 4.74 Å². The molecular weight excluding hydrogens is 412 g/mol. The maximum absolute atomic E-state index is 5.76. The molecule has 0 bridgehead atoms. The van der Waals surface area contributed by atoms with Crippen LogP contribution in [0.3, 0.4) is 0 Å². The number of fused-ring (bicyclic) bond motifs is 3. The Hall–Kier alpha value is -1.94. The van der Waals surface area contributed by atoms with E-state index in [1.54, 1.807) is 0 Å². The molecule has 2 heterocycles. The van der Waals surface area contributed by atoms with Crippen LogP contribution in [0.5, 0.6) is 0 Å². The van der Waals surface area contributed by atoms with Gasteiger partial charge in [-0.25, -0.2) is 0 Å². The molecular formula is C24H29BrN2O. The summed E-state index contributed by atoms with van der Waals surface area (Å²) in [6.45, 7) is 6.57. The fourth-order valence-corrected chi connectivity index (χ4v) is 5.08. The molecule has 0 radical (unpaired) electrons. The van der Waals surface area contributed by atoms with Gasteiger partial charge in [-0.15, -0.1) is 0 Å². The minimum atomic E-state index is 0.367. The van der Waals surface area contributed by atoms with Crippen LogP contribution in [0.25, 0.3) is 0 Å². The summed E-state index contributed by atoms with van der Waals surface area (Å²) in [7, 11) is 0. The predicted octanol–water partition coefficient (Wildman–Crippen LogP) is 5.44. The second kappa shape index (κ2) is 8.60. The fraction of sp³-hybridized carbons (Fsp3) is 0.417. The molecule has 0 aromatic heterocycles. The van der Waals surface area contributed by atoms with Gasteiger partial charge >= 0.3 is 0 Å². The van der Waals surface area contributed by atoms with Crippen molar-refractivity contribution >= 4 is 15.9 Å². The van der Waals surface area contributed by atoms with Gasteiger partial charge in [0.15, 0.2) is 0 Å². The zero-order chi connectivity index (χ0) is 19.5. The second-order valence-electron chi connectivity index (χ2n) is 7.66. The molecule has 28 heavy (non-hydrogen) atoms. The zero-order valence-corrected chi connectivity index (χ0v) is 18.3. The molecule has 0 amide bonds. The molecule has 1 aromatic carbocycles. The highest BCUT2D eigenvalue weighted by Gasteiger charge is 2.45. The Morgan fingerprint density at radius 3 is 2.71 bits per heavy atom. The number of allylic oxidation sites excluding steroid dienone is 3. The summed E-state index contributed by atoms with van der Waals surface area (Å²) in [4.78, 5) is 5.01. The Balaban J connectivity index is 1.59. The van der Waals surface area contributed by atoms with Gasteiger partial charge in [-0.2, -0.15) is 0 Å². The van der Waals surface area contributed by atoms with Gasteiger partial charge in [0.2, 0.25) is 0 Å². The first kappa shape index (κ1) is 19.4. The maximum atomic E-state index is 5.76. The topological polar surface area (TPSA) is 15.7 Å². The van der Waals surface area contributed by atoms with Crippen molar-refractivity contribution < 1.29 is 4.74 Å². The van der Waals surface area contributed by atoms with Gasteiger partial charge in [-0.1, -0.05) is 42.5 Å². The number of halogens is 1. The van der Waals surface area contributed by atoms with Crippen molar-refractivity contribution in [3.05, 3.63) is 83.6 Å². The van der Waals surface area contributed by atoms with Crippen molar-refractivity contribution in [2.24, 2.45) is 11.8 Å². The summed E-state index contributed by atoms with van der Waals surface area (Å²) in [5.74, 6) is 1.92. The summed E-state index contributed by atoms with van der Waals surface area (Å²) < 4.78 is 5.76. The number of hydrogen-bond donors (Lipinski definition) is 0. The molecule has 1 aliphatic carbocycles. The maximum Gasteiger partial charge on any atom is 0.143 e. The largest absolute Gasteiger partial charge is 0.483 e. The zero-order valence-electron chi connectivity index (χ0n) is 16.7. The lowest BCUT2D eigenvalue weighted by atomic mass is 9.85. The average Bonchev–Trinajstić information content (AvgIpc) is 3.03. The highest BCUT2D eigenvalue weighted by molar-refractivity contribution is 9.09. The van der Waals surface area contributed by atoms with Crippen molar-refractivity contribution in [3.63, 3.8) is 0 Å². The highest BCUT2D eigenvalue weighted by Crippen LogP contribution is 2.46. The highest BCUT2D eigenvalue weighted by atomic mass is 79.9. The number of benzene rings is 1. The van der Waals surface area contributed by atoms with Gasteiger partial charge in [0.05, 0.1) is 6.04 Å². The van der Waals surface area contributed by atoms with E-state index >= 15 is 0 Å². The quantitative estimate of drug-likeness (QED) is 0.524. The predicted molar refractivity (Wildman–Crippen MR) is 119 cm³/mol. The van der Waals surface area contributed by atoms with Crippen molar-refractivity contribution in [3.8, 4) is 0 Å². The molecule has 4 heteroatoms. The first-order valence-electron chi connectivity index (χ1n) is 10.3. The summed E-state index contributed by atoms with van der Waals surface area (Å²) in [6.07, 6.45) is 13.7. The molecule has 148 valence electrons. The standard InChI is InChI=1S/C24H29BrN2O/c1-3-26-15-13-22-21-12-11-20(28-17-25)16-23(21)27(24(22)18(26)2)14-7-10-19-8-5-4-6-9-19/h4-6,8-9,11-13,15-16,21-23H,3,7,10,14,17H2,1-2H3. The van der Waals surface area contributed by atoms with Crippen LogP contribution >= 0.6 is 15.9 Å². The Labute approximate surface area is 177 Å². The monoisotopic (exact) mass is 440 g/mol. The first-order chi connectivity index (χ1) is 13.7. The van der Waals surface area contributed by atoms with Crippen molar-refractivity contribution in [2.75, 3.05) is 18.6 Å². The Morgan fingerprint density at radius 2 is 1.96 bits per heavy atom. The van der Waals surface area contributed by atoms with E-state index in [9.17, 15) is 0 Å². The van der Waals surface area contributed by atoms with E-state index in [2.05, 4.69) is 100 Å². The van der Waals surface area contributed by atoms with Gasteiger partial charge < -0.3 is 14.5 Å². The molecule has 3 nitrogen and oxygen atoms in total. The Morgan fingerprint density at radius 1 is 1.14 bits per heavy atom. The first-order valence-corrected chi connectivity index (χ1v) is 11.4. The molecule has 2 aliphatic heterocycles. The molecule has 0 spiro atoms. The molecule has 0 N–H and O–H groups in total. The second-order valence-corrected chi connectivity index (χ2v) is 8.11. The van der Waals surface area contributed by atoms with Crippen LogP contribution in [-0.2, 0) is 11.2 Å². The van der Waals surface area contributed by atoms with Crippen LogP contribution in [0, 0.1) is 11.8 Å². The molecule has 3 unspecified atom stereocenters. The SMILES string of the molecule is CCN1C=CC2C(=C1C)N(CCCc1ccccc1)C1C=C(OCBr)C=CC21. The van der Waals surface area contributed by atoms with Crippen LogP contribution in [-0.4, -0.2) is 34.4 Å². The third kappa shape index (κ3) is 3.67. The van der Waals surface area contributed by atoms with Gasteiger partial charge in [-0.3, -0.25) is 0 Å². The average molecular weight is 441 g/mol. The van der Waals surface area contributed by atoms with Crippen LogP contribution in [0.1, 0.15) is 25.8 Å². The van der Waals surface area contributed by atoms with Crippen LogP contribution in [0.15, 0.2) is 78.0 Å². The minimum Gasteiger partial charge on any atom is -0.483 e.